The highest BCUT2D eigenvalue weighted by atomic mass is 35.5. The van der Waals surface area contributed by atoms with E-state index in [1.807, 2.05) is 77.4 Å². The number of nitrogens with zero attached hydrogens (tertiary/aromatic N) is 7. The standard InChI is InChI=1S/C24H25N5O3.C19H21ClN4O3/c1-24(2,30)15-27-20-13-19(16-7-9-25-10-8-16)28-29-21(14-26-22(20)29)17-3-5-18(6-4-17)23-31-11-12-32-23;1-19(2,25)11-22-14-9-16(20)23-24-15(10-21-17(14)24)12-3-5-13(6-4-12)18-26-7-8-27-18/h3-10,13-14,23,27,30H,11-12,15H2,1-2H3;3-6,9-10,18,22,25H,7-8,11H2,1-2H3. The van der Waals surface area contributed by atoms with Gasteiger partial charge >= 0.3 is 0 Å². The van der Waals surface area contributed by atoms with Crippen LogP contribution in [0, 0.1) is 0 Å². The summed E-state index contributed by atoms with van der Waals surface area (Å²) >= 11 is 6.21. The second-order valence-electron chi connectivity index (χ2n) is 15.5. The van der Waals surface area contributed by atoms with Gasteiger partial charge in [0.1, 0.15) is 0 Å². The van der Waals surface area contributed by atoms with Gasteiger partial charge in [-0.05, 0) is 45.9 Å². The first kappa shape index (κ1) is 40.3. The van der Waals surface area contributed by atoms with E-state index < -0.39 is 11.2 Å². The lowest BCUT2D eigenvalue weighted by Gasteiger charge is -2.19. The number of rotatable bonds is 11. The monoisotopic (exact) mass is 819 g/mol. The highest BCUT2D eigenvalue weighted by Gasteiger charge is 2.22. The predicted molar refractivity (Wildman–Crippen MR) is 224 cm³/mol. The summed E-state index contributed by atoms with van der Waals surface area (Å²) in [6.45, 7) is 10.2. The molecule has 4 N–H and O–H groups in total. The quantitative estimate of drug-likeness (QED) is 0.106. The molecule has 0 atom stereocenters. The van der Waals surface area contributed by atoms with E-state index in [1.165, 1.54) is 0 Å². The number of hydrogen-bond donors (Lipinski definition) is 4. The molecule has 306 valence electrons. The van der Waals surface area contributed by atoms with Crippen LogP contribution in [-0.2, 0) is 18.9 Å². The van der Waals surface area contributed by atoms with Crippen LogP contribution in [0.15, 0.2) is 97.6 Å². The lowest BCUT2D eigenvalue weighted by Crippen LogP contribution is -2.29. The van der Waals surface area contributed by atoms with E-state index in [0.717, 1.165) is 50.6 Å². The normalized spacial score (nSPS) is 15.2. The highest BCUT2D eigenvalue weighted by Crippen LogP contribution is 2.32. The van der Waals surface area contributed by atoms with Crippen molar-refractivity contribution in [1.82, 2.24) is 34.2 Å². The molecule has 9 rings (SSSR count). The van der Waals surface area contributed by atoms with Crippen LogP contribution in [0.4, 0.5) is 11.4 Å². The molecule has 7 heterocycles. The summed E-state index contributed by atoms with van der Waals surface area (Å²) in [5.41, 5.74) is 8.41. The van der Waals surface area contributed by atoms with Crippen molar-refractivity contribution in [2.45, 2.75) is 51.5 Å². The number of imidazole rings is 2. The Labute approximate surface area is 345 Å². The van der Waals surface area contributed by atoms with Gasteiger partial charge in [-0.1, -0.05) is 60.1 Å². The van der Waals surface area contributed by atoms with Gasteiger partial charge in [-0.25, -0.2) is 19.0 Å². The van der Waals surface area contributed by atoms with E-state index >= 15 is 0 Å². The number of hydrogen-bond acceptors (Lipinski definition) is 13. The number of pyridine rings is 1. The average Bonchev–Trinajstić information content (AvgIpc) is 4.07. The molecule has 15 nitrogen and oxygen atoms in total. The van der Waals surface area contributed by atoms with Crippen LogP contribution < -0.4 is 10.6 Å². The van der Waals surface area contributed by atoms with E-state index in [4.69, 9.17) is 35.6 Å². The fourth-order valence-electron chi connectivity index (χ4n) is 6.57. The molecule has 16 heteroatoms. The maximum atomic E-state index is 10.2. The Morgan fingerprint density at radius 3 is 1.53 bits per heavy atom. The van der Waals surface area contributed by atoms with Gasteiger partial charge in [-0.3, -0.25) is 4.98 Å². The van der Waals surface area contributed by atoms with E-state index in [2.05, 4.69) is 30.7 Å². The molecular formula is C43H46ClN9O6. The first-order valence-corrected chi connectivity index (χ1v) is 19.7. The molecule has 59 heavy (non-hydrogen) atoms. The molecule has 2 saturated heterocycles. The van der Waals surface area contributed by atoms with E-state index in [0.29, 0.717) is 61.7 Å². The molecule has 2 aliphatic rings. The Morgan fingerprint density at radius 2 is 1.07 bits per heavy atom. The lowest BCUT2D eigenvalue weighted by molar-refractivity contribution is -0.0443. The molecule has 2 aromatic carbocycles. The highest BCUT2D eigenvalue weighted by molar-refractivity contribution is 6.29. The third-order valence-electron chi connectivity index (χ3n) is 9.51. The number of ether oxygens (including phenoxy) is 4. The number of halogens is 1. The van der Waals surface area contributed by atoms with Crippen molar-refractivity contribution in [3.63, 3.8) is 0 Å². The van der Waals surface area contributed by atoms with Gasteiger partial charge < -0.3 is 39.8 Å². The number of aliphatic hydroxyl groups is 2. The number of fused-ring (bicyclic) bond motifs is 2. The predicted octanol–water partition coefficient (Wildman–Crippen LogP) is 6.96. The van der Waals surface area contributed by atoms with Gasteiger partial charge in [0.2, 0.25) is 0 Å². The summed E-state index contributed by atoms with van der Waals surface area (Å²) in [5, 5.41) is 36.3. The largest absolute Gasteiger partial charge is 0.389 e. The molecule has 7 aromatic rings. The molecule has 0 aliphatic carbocycles. The zero-order chi connectivity index (χ0) is 41.1. The van der Waals surface area contributed by atoms with Crippen molar-refractivity contribution in [2.75, 3.05) is 50.2 Å². The number of aromatic nitrogens is 7. The molecule has 5 aromatic heterocycles. The fourth-order valence-corrected chi connectivity index (χ4v) is 6.76. The van der Waals surface area contributed by atoms with Gasteiger partial charge in [0, 0.05) is 59.4 Å². The van der Waals surface area contributed by atoms with Gasteiger partial charge in [0.25, 0.3) is 0 Å². The minimum Gasteiger partial charge on any atom is -0.389 e. The van der Waals surface area contributed by atoms with Gasteiger partial charge in [-0.15, -0.1) is 0 Å². The molecule has 0 radical (unpaired) electrons. The molecule has 0 spiro atoms. The van der Waals surface area contributed by atoms with Crippen molar-refractivity contribution >= 4 is 34.3 Å². The molecule has 2 aliphatic heterocycles. The molecule has 0 amide bonds. The van der Waals surface area contributed by atoms with Crippen LogP contribution in [0.2, 0.25) is 5.15 Å². The van der Waals surface area contributed by atoms with E-state index in [9.17, 15) is 10.2 Å². The number of nitrogens with one attached hydrogen (secondary N) is 2. The zero-order valence-corrected chi connectivity index (χ0v) is 33.9. The number of anilines is 2. The third kappa shape index (κ3) is 9.53. The Kier molecular flexibility index (Phi) is 11.6. The first-order chi connectivity index (χ1) is 28.4. The second-order valence-corrected chi connectivity index (χ2v) is 15.9. The van der Waals surface area contributed by atoms with Gasteiger partial charge in [0.05, 0.1) is 78.5 Å². The van der Waals surface area contributed by atoms with Crippen LogP contribution in [0.3, 0.4) is 0 Å². The fraction of sp³-hybridized carbons (Fsp3) is 0.326. The lowest BCUT2D eigenvalue weighted by atomic mass is 10.1. The first-order valence-electron chi connectivity index (χ1n) is 19.3. The average molecular weight is 820 g/mol. The van der Waals surface area contributed by atoms with E-state index in [-0.39, 0.29) is 12.6 Å². The summed E-state index contributed by atoms with van der Waals surface area (Å²) in [4.78, 5) is 13.2. The van der Waals surface area contributed by atoms with Crippen LogP contribution in [0.1, 0.15) is 51.4 Å². The summed E-state index contributed by atoms with van der Waals surface area (Å²) < 4.78 is 25.8. The van der Waals surface area contributed by atoms with Crippen molar-refractivity contribution in [2.24, 2.45) is 0 Å². The van der Waals surface area contributed by atoms with Gasteiger partial charge in [0.15, 0.2) is 29.0 Å². The minimum atomic E-state index is -0.868. The van der Waals surface area contributed by atoms with Crippen molar-refractivity contribution in [3.8, 4) is 33.8 Å². The Hall–Kier alpha value is -5.52. The topological polar surface area (TPSA) is 175 Å². The summed E-state index contributed by atoms with van der Waals surface area (Å²) in [7, 11) is 0. The Balaban J connectivity index is 0.000000167. The SMILES string of the molecule is CC(C)(O)CNc1cc(-c2ccncc2)nn2c(-c3ccc(C4OCCO4)cc3)cnc12.CC(C)(O)CNc1cc(Cl)nn2c(-c3ccc(C4OCCO4)cc3)cnc12. The van der Waals surface area contributed by atoms with Crippen LogP contribution >= 0.6 is 11.6 Å². The van der Waals surface area contributed by atoms with Crippen LogP contribution in [-0.4, -0.2) is 95.1 Å². The third-order valence-corrected chi connectivity index (χ3v) is 9.69. The smallest absolute Gasteiger partial charge is 0.184 e. The zero-order valence-electron chi connectivity index (χ0n) is 33.2. The summed E-state index contributed by atoms with van der Waals surface area (Å²) in [5.74, 6) is 0. The Morgan fingerprint density at radius 1 is 0.627 bits per heavy atom. The van der Waals surface area contributed by atoms with Crippen molar-refractivity contribution in [3.05, 3.63) is 114 Å². The molecule has 2 fully saturated rings. The second kappa shape index (κ2) is 17.0. The van der Waals surface area contributed by atoms with Crippen molar-refractivity contribution < 1.29 is 29.2 Å². The minimum absolute atomic E-state index is 0.300. The van der Waals surface area contributed by atoms with Crippen LogP contribution in [0.25, 0.3) is 45.1 Å². The van der Waals surface area contributed by atoms with Crippen LogP contribution in [0.5, 0.6) is 0 Å². The molecule has 0 bridgehead atoms. The maximum Gasteiger partial charge on any atom is 0.184 e. The molecule has 0 unspecified atom stereocenters. The summed E-state index contributed by atoms with van der Waals surface area (Å²) in [6.07, 6.45) is 6.45. The molecule has 0 saturated carbocycles. The van der Waals surface area contributed by atoms with Gasteiger partial charge in [-0.2, -0.15) is 10.2 Å². The Bertz CT molecular complexity index is 2510. The van der Waals surface area contributed by atoms with E-state index in [1.54, 1.807) is 56.9 Å². The van der Waals surface area contributed by atoms with Crippen molar-refractivity contribution in [1.29, 1.82) is 0 Å². The summed E-state index contributed by atoms with van der Waals surface area (Å²) in [6, 6.07) is 23.5. The maximum absolute atomic E-state index is 10.2. The molecular weight excluding hydrogens is 774 g/mol. The number of benzene rings is 2.